The lowest BCUT2D eigenvalue weighted by atomic mass is 10.2. The zero-order valence-electron chi connectivity index (χ0n) is 10.4. The summed E-state index contributed by atoms with van der Waals surface area (Å²) in [6.07, 6.45) is 0.849. The summed E-state index contributed by atoms with van der Waals surface area (Å²) in [5.74, 6) is -0.874. The quantitative estimate of drug-likeness (QED) is 0.785. The van der Waals surface area contributed by atoms with Gasteiger partial charge in [0.15, 0.2) is 0 Å². The predicted molar refractivity (Wildman–Crippen MR) is 67.6 cm³/mol. The van der Waals surface area contributed by atoms with E-state index < -0.39 is 12.0 Å². The Morgan fingerprint density at radius 3 is 2.84 bits per heavy atom. The summed E-state index contributed by atoms with van der Waals surface area (Å²) >= 11 is 0. The van der Waals surface area contributed by atoms with E-state index in [1.54, 1.807) is 18.2 Å². The normalized spacial score (nSPS) is 17.7. The number of benzene rings is 1. The number of methoxy groups -OCH3 is 1. The molecule has 1 aromatic rings. The topological polar surface area (TPSA) is 84.5 Å². The Kier molecular flexibility index (Phi) is 3.79. The maximum atomic E-state index is 11.9. The van der Waals surface area contributed by atoms with Gasteiger partial charge in [0.1, 0.15) is 6.04 Å². The minimum Gasteiger partial charge on any atom is -0.465 e. The highest BCUT2D eigenvalue weighted by Crippen LogP contribution is 2.14. The van der Waals surface area contributed by atoms with Crippen LogP contribution in [0.1, 0.15) is 23.2 Å². The Labute approximate surface area is 110 Å². The number of amides is 2. The molecule has 0 radical (unpaired) electrons. The lowest BCUT2D eigenvalue weighted by Gasteiger charge is -2.11. The minimum absolute atomic E-state index is 0.122. The average Bonchev–Trinajstić information content (AvgIpc) is 2.85. The molecule has 2 rings (SSSR count). The van der Waals surface area contributed by atoms with Crippen molar-refractivity contribution < 1.29 is 19.1 Å². The maximum Gasteiger partial charge on any atom is 0.337 e. The number of nitrogens with one attached hydrogen (secondary N) is 2. The molecular weight excluding hydrogens is 248 g/mol. The van der Waals surface area contributed by atoms with E-state index in [2.05, 4.69) is 15.4 Å². The molecule has 1 aromatic carbocycles. The molecule has 6 heteroatoms. The number of rotatable bonds is 3. The molecule has 1 fully saturated rings. The number of hydrogen-bond donors (Lipinski definition) is 2. The highest BCUT2D eigenvalue weighted by atomic mass is 16.5. The van der Waals surface area contributed by atoms with Crippen molar-refractivity contribution in [3.05, 3.63) is 29.8 Å². The molecular formula is C13H14N2O4. The standard InChI is InChI=1S/C13H14N2O4/c1-19-13(18)8-3-2-4-9(7-8)14-12(17)10-5-6-11(16)15-10/h2-4,7,10H,5-6H2,1H3,(H,14,17)(H,15,16). The van der Waals surface area contributed by atoms with Crippen LogP contribution < -0.4 is 10.6 Å². The van der Waals surface area contributed by atoms with Gasteiger partial charge in [-0.05, 0) is 24.6 Å². The van der Waals surface area contributed by atoms with E-state index in [0.717, 1.165) is 0 Å². The third-order valence-electron chi connectivity index (χ3n) is 2.86. The monoisotopic (exact) mass is 262 g/mol. The number of esters is 1. The summed E-state index contributed by atoms with van der Waals surface area (Å²) in [5, 5.41) is 5.24. The van der Waals surface area contributed by atoms with E-state index >= 15 is 0 Å². The van der Waals surface area contributed by atoms with Crippen molar-refractivity contribution in [1.29, 1.82) is 0 Å². The first-order valence-corrected chi connectivity index (χ1v) is 5.89. The summed E-state index contributed by atoms with van der Waals surface area (Å²) in [6.45, 7) is 0. The molecule has 0 aliphatic carbocycles. The largest absolute Gasteiger partial charge is 0.465 e. The van der Waals surface area contributed by atoms with Gasteiger partial charge in [-0.15, -0.1) is 0 Å². The Bertz CT molecular complexity index is 527. The smallest absolute Gasteiger partial charge is 0.337 e. The van der Waals surface area contributed by atoms with Gasteiger partial charge < -0.3 is 15.4 Å². The van der Waals surface area contributed by atoms with Gasteiger partial charge in [0.2, 0.25) is 11.8 Å². The number of anilines is 1. The van der Waals surface area contributed by atoms with Crippen molar-refractivity contribution >= 4 is 23.5 Å². The maximum absolute atomic E-state index is 11.9. The summed E-state index contributed by atoms with van der Waals surface area (Å²) in [7, 11) is 1.29. The van der Waals surface area contributed by atoms with E-state index in [4.69, 9.17) is 0 Å². The third-order valence-corrected chi connectivity index (χ3v) is 2.86. The molecule has 0 saturated carbocycles. The van der Waals surface area contributed by atoms with E-state index in [0.29, 0.717) is 24.1 Å². The number of carbonyl (C=O) groups excluding carboxylic acids is 3. The number of carbonyl (C=O) groups is 3. The van der Waals surface area contributed by atoms with Crippen LogP contribution >= 0.6 is 0 Å². The Hall–Kier alpha value is -2.37. The second-order valence-electron chi connectivity index (χ2n) is 4.22. The van der Waals surface area contributed by atoms with Gasteiger partial charge in [-0.25, -0.2) is 4.79 Å². The lowest BCUT2D eigenvalue weighted by molar-refractivity contribution is -0.122. The molecule has 2 N–H and O–H groups in total. The molecule has 1 atom stereocenters. The van der Waals surface area contributed by atoms with Gasteiger partial charge in [-0.3, -0.25) is 9.59 Å². The van der Waals surface area contributed by atoms with Crippen molar-refractivity contribution in [2.24, 2.45) is 0 Å². The summed E-state index contributed by atoms with van der Waals surface area (Å²) in [4.78, 5) is 34.3. The lowest BCUT2D eigenvalue weighted by Crippen LogP contribution is -2.37. The first-order chi connectivity index (χ1) is 9.10. The number of ether oxygens (including phenoxy) is 1. The Morgan fingerprint density at radius 1 is 1.42 bits per heavy atom. The van der Waals surface area contributed by atoms with Crippen molar-refractivity contribution in [2.45, 2.75) is 18.9 Å². The minimum atomic E-state index is -0.505. The summed E-state index contributed by atoms with van der Waals surface area (Å²) in [5.41, 5.74) is 0.852. The Morgan fingerprint density at radius 2 is 2.21 bits per heavy atom. The van der Waals surface area contributed by atoms with Crippen LogP contribution in [0.15, 0.2) is 24.3 Å². The molecule has 1 saturated heterocycles. The van der Waals surface area contributed by atoms with Crippen molar-refractivity contribution in [3.63, 3.8) is 0 Å². The second kappa shape index (κ2) is 5.51. The fraction of sp³-hybridized carbons (Fsp3) is 0.308. The first kappa shape index (κ1) is 13.1. The number of hydrogen-bond acceptors (Lipinski definition) is 4. The second-order valence-corrected chi connectivity index (χ2v) is 4.22. The highest BCUT2D eigenvalue weighted by molar-refractivity contribution is 6.00. The molecule has 1 aliphatic rings. The molecule has 1 heterocycles. The van der Waals surface area contributed by atoms with Gasteiger partial charge in [0.25, 0.3) is 0 Å². The average molecular weight is 262 g/mol. The highest BCUT2D eigenvalue weighted by Gasteiger charge is 2.27. The van der Waals surface area contributed by atoms with Gasteiger partial charge in [-0.2, -0.15) is 0 Å². The fourth-order valence-corrected chi connectivity index (χ4v) is 1.88. The molecule has 100 valence electrons. The predicted octanol–water partition coefficient (Wildman–Crippen LogP) is 0.690. The van der Waals surface area contributed by atoms with Crippen LogP contribution in [0.3, 0.4) is 0 Å². The van der Waals surface area contributed by atoms with Gasteiger partial charge in [0, 0.05) is 12.1 Å². The van der Waals surface area contributed by atoms with Crippen LogP contribution in [-0.2, 0) is 14.3 Å². The van der Waals surface area contributed by atoms with Crippen LogP contribution in [0.5, 0.6) is 0 Å². The molecule has 0 spiro atoms. The molecule has 19 heavy (non-hydrogen) atoms. The van der Waals surface area contributed by atoms with Crippen LogP contribution in [0.4, 0.5) is 5.69 Å². The van der Waals surface area contributed by atoms with Crippen molar-refractivity contribution in [2.75, 3.05) is 12.4 Å². The van der Waals surface area contributed by atoms with Crippen molar-refractivity contribution in [1.82, 2.24) is 5.32 Å². The van der Waals surface area contributed by atoms with E-state index in [1.165, 1.54) is 13.2 Å². The van der Waals surface area contributed by atoms with Gasteiger partial charge >= 0.3 is 5.97 Å². The summed E-state index contributed by atoms with van der Waals surface area (Å²) in [6, 6.07) is 5.93. The van der Waals surface area contributed by atoms with E-state index in [9.17, 15) is 14.4 Å². The molecule has 0 bridgehead atoms. The van der Waals surface area contributed by atoms with E-state index in [1.807, 2.05) is 0 Å². The molecule has 6 nitrogen and oxygen atoms in total. The molecule has 1 unspecified atom stereocenters. The zero-order chi connectivity index (χ0) is 13.8. The third kappa shape index (κ3) is 3.09. The molecule has 1 aliphatic heterocycles. The first-order valence-electron chi connectivity index (χ1n) is 5.89. The fourth-order valence-electron chi connectivity index (χ4n) is 1.88. The molecule has 0 aromatic heterocycles. The summed E-state index contributed by atoms with van der Waals surface area (Å²) < 4.78 is 4.60. The van der Waals surface area contributed by atoms with Crippen LogP contribution in [0, 0.1) is 0 Å². The molecule has 2 amide bonds. The Balaban J connectivity index is 2.04. The van der Waals surface area contributed by atoms with Crippen LogP contribution in [-0.4, -0.2) is 30.9 Å². The van der Waals surface area contributed by atoms with E-state index in [-0.39, 0.29) is 11.8 Å². The van der Waals surface area contributed by atoms with Gasteiger partial charge in [0.05, 0.1) is 12.7 Å². The van der Waals surface area contributed by atoms with Crippen molar-refractivity contribution in [3.8, 4) is 0 Å². The van der Waals surface area contributed by atoms with Gasteiger partial charge in [-0.1, -0.05) is 6.07 Å². The van der Waals surface area contributed by atoms with Crippen LogP contribution in [0.25, 0.3) is 0 Å². The van der Waals surface area contributed by atoms with Crippen LogP contribution in [0.2, 0.25) is 0 Å². The SMILES string of the molecule is COC(=O)c1cccc(NC(=O)C2CCC(=O)N2)c1. The zero-order valence-corrected chi connectivity index (χ0v) is 10.4.